The van der Waals surface area contributed by atoms with Crippen molar-refractivity contribution in [2.45, 2.75) is 59.3 Å². The summed E-state index contributed by atoms with van der Waals surface area (Å²) in [5.41, 5.74) is 0.625. The molecule has 0 aliphatic carbocycles. The highest BCUT2D eigenvalue weighted by atomic mass is 32.2. The Labute approximate surface area is 159 Å². The molecule has 1 aromatic rings. The van der Waals surface area contributed by atoms with E-state index >= 15 is 0 Å². The number of nitrogens with one attached hydrogen (secondary N) is 1. The third kappa shape index (κ3) is 6.40. The summed E-state index contributed by atoms with van der Waals surface area (Å²) in [5.74, 6) is 0.460. The highest BCUT2D eigenvalue weighted by molar-refractivity contribution is 7.89. The number of carbonyl (C=O) groups excluding carboxylic acids is 1. The number of carbonyl (C=O) groups is 1. The van der Waals surface area contributed by atoms with Crippen LogP contribution < -0.4 is 5.32 Å². The lowest BCUT2D eigenvalue weighted by atomic mass is 10.0. The number of benzene rings is 1. The first-order valence-corrected chi connectivity index (χ1v) is 11.0. The van der Waals surface area contributed by atoms with Crippen LogP contribution in [0.4, 0.5) is 5.69 Å². The van der Waals surface area contributed by atoms with E-state index in [4.69, 9.17) is 0 Å². The van der Waals surface area contributed by atoms with Crippen LogP contribution in [0.25, 0.3) is 0 Å². The van der Waals surface area contributed by atoms with E-state index in [1.807, 2.05) is 41.5 Å². The van der Waals surface area contributed by atoms with E-state index in [1.165, 1.54) is 0 Å². The van der Waals surface area contributed by atoms with Gasteiger partial charge in [-0.25, -0.2) is 8.42 Å². The largest absolute Gasteiger partial charge is 0.326 e. The molecule has 148 valence electrons. The predicted molar refractivity (Wildman–Crippen MR) is 108 cm³/mol. The maximum Gasteiger partial charge on any atom is 0.243 e. The number of sulfonamides is 1. The number of rotatable bonds is 10. The summed E-state index contributed by atoms with van der Waals surface area (Å²) in [6, 6.07) is 6.48. The Morgan fingerprint density at radius 3 is 1.81 bits per heavy atom. The van der Waals surface area contributed by atoms with Crippen LogP contribution in [0.2, 0.25) is 0 Å². The summed E-state index contributed by atoms with van der Waals surface area (Å²) in [6.45, 7) is 13.0. The van der Waals surface area contributed by atoms with Crippen molar-refractivity contribution in [3.05, 3.63) is 24.3 Å². The molecule has 0 fully saturated rings. The average molecular weight is 383 g/mol. The molecule has 0 aliphatic heterocycles. The van der Waals surface area contributed by atoms with E-state index in [2.05, 4.69) is 5.32 Å². The molecule has 0 saturated heterocycles. The number of amides is 1. The number of anilines is 1. The fraction of sp³-hybridized carbons (Fsp3) is 0.650. The van der Waals surface area contributed by atoms with Gasteiger partial charge in [-0.2, -0.15) is 4.31 Å². The fourth-order valence-electron chi connectivity index (χ4n) is 2.85. The van der Waals surface area contributed by atoms with Crippen LogP contribution in [0.15, 0.2) is 29.2 Å². The van der Waals surface area contributed by atoms with E-state index in [0.717, 1.165) is 12.8 Å². The van der Waals surface area contributed by atoms with E-state index in [9.17, 15) is 13.2 Å². The van der Waals surface area contributed by atoms with Crippen LogP contribution in [-0.4, -0.2) is 31.7 Å². The van der Waals surface area contributed by atoms with Crippen LogP contribution in [0, 0.1) is 17.8 Å². The topological polar surface area (TPSA) is 66.5 Å². The van der Waals surface area contributed by atoms with Crippen LogP contribution in [-0.2, 0) is 14.8 Å². The molecule has 0 atom stereocenters. The molecule has 0 spiro atoms. The quantitative estimate of drug-likeness (QED) is 0.653. The van der Waals surface area contributed by atoms with E-state index in [-0.39, 0.29) is 28.6 Å². The Kier molecular flexibility index (Phi) is 8.77. The zero-order valence-electron chi connectivity index (χ0n) is 17.0. The number of nitrogens with zero attached hydrogens (tertiary/aromatic N) is 1. The van der Waals surface area contributed by atoms with Gasteiger partial charge < -0.3 is 5.32 Å². The zero-order chi connectivity index (χ0) is 19.9. The first kappa shape index (κ1) is 22.6. The van der Waals surface area contributed by atoms with Crippen molar-refractivity contribution in [1.29, 1.82) is 0 Å². The van der Waals surface area contributed by atoms with Gasteiger partial charge in [0, 0.05) is 24.7 Å². The lowest BCUT2D eigenvalue weighted by Gasteiger charge is -2.25. The minimum Gasteiger partial charge on any atom is -0.326 e. The lowest BCUT2D eigenvalue weighted by Crippen LogP contribution is -2.37. The number of hydrogen-bond acceptors (Lipinski definition) is 3. The lowest BCUT2D eigenvalue weighted by molar-refractivity contribution is -0.120. The SMILES string of the molecule is CCC(CC)C(=O)Nc1ccc(S(=O)(=O)N(CC(C)C)CC(C)C)cc1. The maximum absolute atomic E-state index is 13.0. The molecule has 5 nitrogen and oxygen atoms in total. The molecule has 1 rings (SSSR count). The standard InChI is InChI=1S/C20H34N2O3S/c1-7-17(8-2)20(23)21-18-9-11-19(12-10-18)26(24,25)22(13-15(3)4)14-16(5)6/h9-12,15-17H,7-8,13-14H2,1-6H3,(H,21,23). The normalized spacial score (nSPS) is 12.4. The van der Waals surface area contributed by atoms with E-state index < -0.39 is 10.0 Å². The van der Waals surface area contributed by atoms with Crippen LogP contribution >= 0.6 is 0 Å². The minimum atomic E-state index is -3.54. The molecule has 1 aromatic carbocycles. The second kappa shape index (κ2) is 10.1. The van der Waals surface area contributed by atoms with Gasteiger partial charge in [0.05, 0.1) is 4.90 Å². The van der Waals surface area contributed by atoms with Crippen molar-refractivity contribution in [2.75, 3.05) is 18.4 Å². The predicted octanol–water partition coefficient (Wildman–Crippen LogP) is 4.36. The van der Waals surface area contributed by atoms with Gasteiger partial charge in [-0.3, -0.25) is 4.79 Å². The molecule has 6 heteroatoms. The molecule has 1 N–H and O–H groups in total. The fourth-order valence-corrected chi connectivity index (χ4v) is 4.62. The second-order valence-corrected chi connectivity index (χ2v) is 9.57. The van der Waals surface area contributed by atoms with Crippen LogP contribution in [0.3, 0.4) is 0 Å². The van der Waals surface area contributed by atoms with Crippen molar-refractivity contribution in [3.63, 3.8) is 0 Å². The maximum atomic E-state index is 13.0. The summed E-state index contributed by atoms with van der Waals surface area (Å²) in [7, 11) is -3.54. The molecule has 0 aliphatic rings. The average Bonchev–Trinajstić information content (AvgIpc) is 2.55. The van der Waals surface area contributed by atoms with Crippen molar-refractivity contribution in [1.82, 2.24) is 4.31 Å². The Balaban J connectivity index is 2.98. The van der Waals surface area contributed by atoms with Gasteiger partial charge in [0.15, 0.2) is 0 Å². The van der Waals surface area contributed by atoms with E-state index in [0.29, 0.717) is 18.8 Å². The number of hydrogen-bond donors (Lipinski definition) is 1. The molecular weight excluding hydrogens is 348 g/mol. The Bertz CT molecular complexity index is 653. The van der Waals surface area contributed by atoms with Gasteiger partial charge in [0.2, 0.25) is 15.9 Å². The molecular formula is C20H34N2O3S. The van der Waals surface area contributed by atoms with Gasteiger partial charge in [0.1, 0.15) is 0 Å². The third-order valence-electron chi connectivity index (χ3n) is 4.25. The minimum absolute atomic E-state index is 0.0214. The molecule has 1 amide bonds. The summed E-state index contributed by atoms with van der Waals surface area (Å²) >= 11 is 0. The zero-order valence-corrected chi connectivity index (χ0v) is 17.8. The molecule has 0 heterocycles. The van der Waals surface area contributed by atoms with Gasteiger partial charge in [-0.05, 0) is 48.9 Å². The van der Waals surface area contributed by atoms with Gasteiger partial charge in [0.25, 0.3) is 0 Å². The summed E-state index contributed by atoms with van der Waals surface area (Å²) in [4.78, 5) is 12.4. The summed E-state index contributed by atoms with van der Waals surface area (Å²) in [6.07, 6.45) is 1.57. The van der Waals surface area contributed by atoms with Gasteiger partial charge in [-0.1, -0.05) is 41.5 Å². The van der Waals surface area contributed by atoms with E-state index in [1.54, 1.807) is 28.6 Å². The molecule has 0 unspecified atom stereocenters. The van der Waals surface area contributed by atoms with Crippen molar-refractivity contribution in [3.8, 4) is 0 Å². The molecule has 26 heavy (non-hydrogen) atoms. The first-order chi connectivity index (χ1) is 12.1. The second-order valence-electron chi connectivity index (χ2n) is 7.64. The Hall–Kier alpha value is -1.40. The monoisotopic (exact) mass is 382 g/mol. The highest BCUT2D eigenvalue weighted by Crippen LogP contribution is 2.21. The molecule has 0 bridgehead atoms. The molecule has 0 aromatic heterocycles. The van der Waals surface area contributed by atoms with Crippen molar-refractivity contribution >= 4 is 21.6 Å². The summed E-state index contributed by atoms with van der Waals surface area (Å²) < 4.78 is 27.5. The van der Waals surface area contributed by atoms with Crippen molar-refractivity contribution < 1.29 is 13.2 Å². The summed E-state index contributed by atoms with van der Waals surface area (Å²) in [5, 5.41) is 2.87. The molecule has 0 radical (unpaired) electrons. The first-order valence-electron chi connectivity index (χ1n) is 9.52. The van der Waals surface area contributed by atoms with Gasteiger partial charge >= 0.3 is 0 Å². The smallest absolute Gasteiger partial charge is 0.243 e. The Morgan fingerprint density at radius 1 is 0.962 bits per heavy atom. The van der Waals surface area contributed by atoms with Crippen LogP contribution in [0.1, 0.15) is 54.4 Å². The highest BCUT2D eigenvalue weighted by Gasteiger charge is 2.26. The van der Waals surface area contributed by atoms with Crippen LogP contribution in [0.5, 0.6) is 0 Å². The molecule has 0 saturated carbocycles. The van der Waals surface area contributed by atoms with Gasteiger partial charge in [-0.15, -0.1) is 0 Å². The Morgan fingerprint density at radius 2 is 1.42 bits per heavy atom. The third-order valence-corrected chi connectivity index (χ3v) is 6.10. The van der Waals surface area contributed by atoms with Crippen molar-refractivity contribution in [2.24, 2.45) is 17.8 Å².